The monoisotopic (exact) mass is 434 g/mol. The van der Waals surface area contributed by atoms with E-state index in [-0.39, 0.29) is 33.7 Å². The molecule has 9 heteroatoms. The van der Waals surface area contributed by atoms with E-state index in [2.05, 4.69) is 10.3 Å². The Hall–Kier alpha value is -2.78. The smallest absolute Gasteiger partial charge is 0.236 e. The molecule has 1 amide bonds. The number of thioether (sulfide) groups is 1. The van der Waals surface area contributed by atoms with Gasteiger partial charge in [0.1, 0.15) is 5.82 Å². The van der Waals surface area contributed by atoms with Crippen LogP contribution in [0.25, 0.3) is 11.3 Å². The maximum absolute atomic E-state index is 14.0. The van der Waals surface area contributed by atoms with Crippen LogP contribution in [0.4, 0.5) is 13.9 Å². The number of ketones is 1. The Morgan fingerprint density at radius 1 is 1.17 bits per heavy atom. The lowest BCUT2D eigenvalue weighted by atomic mass is 10.1. The Morgan fingerprint density at radius 2 is 1.97 bits per heavy atom. The SMILES string of the molecule is COc1ccc(-c2csc(NC(=O)CSc3ccc(C(C)=O)cc3F)n2)cc1F. The van der Waals surface area contributed by atoms with Gasteiger partial charge in [0.2, 0.25) is 5.91 Å². The van der Waals surface area contributed by atoms with Gasteiger partial charge >= 0.3 is 0 Å². The Morgan fingerprint density at radius 3 is 2.62 bits per heavy atom. The lowest BCUT2D eigenvalue weighted by molar-refractivity contribution is -0.113. The number of nitrogens with zero attached hydrogens (tertiary/aromatic N) is 1. The number of amides is 1. The first kappa shape index (κ1) is 20.9. The summed E-state index contributed by atoms with van der Waals surface area (Å²) in [5.74, 6) is -1.52. The van der Waals surface area contributed by atoms with Crippen LogP contribution >= 0.6 is 23.1 Å². The molecule has 29 heavy (non-hydrogen) atoms. The zero-order valence-corrected chi connectivity index (χ0v) is 17.1. The van der Waals surface area contributed by atoms with Gasteiger partial charge in [0.25, 0.3) is 0 Å². The number of carbonyl (C=O) groups excluding carboxylic acids is 2. The fourth-order valence-corrected chi connectivity index (χ4v) is 3.88. The van der Waals surface area contributed by atoms with Crippen molar-refractivity contribution in [2.45, 2.75) is 11.8 Å². The van der Waals surface area contributed by atoms with Crippen molar-refractivity contribution in [3.05, 3.63) is 59.0 Å². The first-order valence-corrected chi connectivity index (χ1v) is 10.3. The molecule has 0 saturated carbocycles. The van der Waals surface area contributed by atoms with Crippen molar-refractivity contribution in [2.75, 3.05) is 18.2 Å². The van der Waals surface area contributed by atoms with E-state index in [4.69, 9.17) is 4.74 Å². The fraction of sp³-hybridized carbons (Fsp3) is 0.150. The van der Waals surface area contributed by atoms with E-state index < -0.39 is 11.6 Å². The third-order valence-corrected chi connectivity index (χ3v) is 5.70. The number of hydrogen-bond acceptors (Lipinski definition) is 6. The number of thiazole rings is 1. The van der Waals surface area contributed by atoms with Crippen LogP contribution in [0.5, 0.6) is 5.75 Å². The van der Waals surface area contributed by atoms with E-state index in [1.165, 1.54) is 49.6 Å². The van der Waals surface area contributed by atoms with E-state index >= 15 is 0 Å². The predicted molar refractivity (Wildman–Crippen MR) is 110 cm³/mol. The van der Waals surface area contributed by atoms with Gasteiger partial charge in [0, 0.05) is 21.4 Å². The largest absolute Gasteiger partial charge is 0.494 e. The quantitative estimate of drug-likeness (QED) is 0.417. The summed E-state index contributed by atoms with van der Waals surface area (Å²) in [6, 6.07) is 8.64. The van der Waals surface area contributed by atoms with Gasteiger partial charge in [0.05, 0.1) is 18.6 Å². The number of Topliss-reactive ketones (excluding diaryl/α,β-unsaturated/α-hetero) is 1. The van der Waals surface area contributed by atoms with Crippen LogP contribution in [0.3, 0.4) is 0 Å². The molecule has 150 valence electrons. The minimum Gasteiger partial charge on any atom is -0.494 e. The minimum atomic E-state index is -0.548. The van der Waals surface area contributed by atoms with E-state index in [0.29, 0.717) is 16.4 Å². The van der Waals surface area contributed by atoms with Crippen molar-refractivity contribution in [1.29, 1.82) is 0 Å². The molecule has 1 heterocycles. The molecule has 0 radical (unpaired) electrons. The number of aromatic nitrogens is 1. The molecular weight excluding hydrogens is 418 g/mol. The van der Waals surface area contributed by atoms with Gasteiger partial charge in [0.15, 0.2) is 22.5 Å². The fourth-order valence-electron chi connectivity index (χ4n) is 2.42. The highest BCUT2D eigenvalue weighted by Crippen LogP contribution is 2.29. The molecule has 3 aromatic rings. The van der Waals surface area contributed by atoms with Gasteiger partial charge < -0.3 is 10.1 Å². The normalized spacial score (nSPS) is 10.6. The summed E-state index contributed by atoms with van der Waals surface area (Å²) < 4.78 is 32.7. The summed E-state index contributed by atoms with van der Waals surface area (Å²) in [5.41, 5.74) is 1.36. The number of benzene rings is 2. The summed E-state index contributed by atoms with van der Waals surface area (Å²) in [5, 5.41) is 4.70. The van der Waals surface area contributed by atoms with E-state index in [0.717, 1.165) is 17.8 Å². The van der Waals surface area contributed by atoms with Crippen LogP contribution < -0.4 is 10.1 Å². The first-order chi connectivity index (χ1) is 13.9. The first-order valence-electron chi connectivity index (χ1n) is 8.40. The number of hydrogen-bond donors (Lipinski definition) is 1. The molecule has 5 nitrogen and oxygen atoms in total. The number of anilines is 1. The molecule has 0 aliphatic rings. The van der Waals surface area contributed by atoms with Crippen molar-refractivity contribution in [3.8, 4) is 17.0 Å². The molecule has 0 bridgehead atoms. The van der Waals surface area contributed by atoms with Gasteiger partial charge in [-0.2, -0.15) is 0 Å². The maximum atomic E-state index is 14.0. The molecule has 0 aliphatic carbocycles. The summed E-state index contributed by atoms with van der Waals surface area (Å²) >= 11 is 2.22. The summed E-state index contributed by atoms with van der Waals surface area (Å²) in [4.78, 5) is 28.0. The van der Waals surface area contributed by atoms with E-state index in [1.54, 1.807) is 11.4 Å². The van der Waals surface area contributed by atoms with Crippen LogP contribution in [0.15, 0.2) is 46.7 Å². The third-order valence-electron chi connectivity index (χ3n) is 3.90. The van der Waals surface area contributed by atoms with E-state index in [9.17, 15) is 18.4 Å². The van der Waals surface area contributed by atoms with Gasteiger partial charge in [-0.05, 0) is 37.3 Å². The maximum Gasteiger partial charge on any atom is 0.236 e. The van der Waals surface area contributed by atoms with Crippen molar-refractivity contribution >= 4 is 39.9 Å². The van der Waals surface area contributed by atoms with Crippen LogP contribution in [-0.2, 0) is 4.79 Å². The highest BCUT2D eigenvalue weighted by atomic mass is 32.2. The molecule has 3 rings (SSSR count). The second-order valence-electron chi connectivity index (χ2n) is 5.93. The number of ether oxygens (including phenoxy) is 1. The molecule has 0 unspecified atom stereocenters. The number of methoxy groups -OCH3 is 1. The second-order valence-corrected chi connectivity index (χ2v) is 7.80. The zero-order chi connectivity index (χ0) is 21.0. The zero-order valence-electron chi connectivity index (χ0n) is 15.5. The Kier molecular flexibility index (Phi) is 6.60. The van der Waals surface area contributed by atoms with Gasteiger partial charge in [-0.15, -0.1) is 23.1 Å². The molecule has 2 aromatic carbocycles. The summed E-state index contributed by atoms with van der Waals surface area (Å²) in [6.07, 6.45) is 0. The molecule has 0 fully saturated rings. The number of halogens is 2. The predicted octanol–water partition coefficient (Wildman–Crippen LogP) is 5.03. The van der Waals surface area contributed by atoms with Crippen LogP contribution in [0, 0.1) is 11.6 Å². The van der Waals surface area contributed by atoms with Crippen molar-refractivity contribution in [2.24, 2.45) is 0 Å². The number of carbonyl (C=O) groups is 2. The van der Waals surface area contributed by atoms with Gasteiger partial charge in [-0.25, -0.2) is 13.8 Å². The summed E-state index contributed by atoms with van der Waals surface area (Å²) in [6.45, 7) is 1.36. The second kappa shape index (κ2) is 9.15. The lowest BCUT2D eigenvalue weighted by Crippen LogP contribution is -2.14. The van der Waals surface area contributed by atoms with Crippen LogP contribution in [0.2, 0.25) is 0 Å². The summed E-state index contributed by atoms with van der Waals surface area (Å²) in [7, 11) is 1.39. The highest BCUT2D eigenvalue weighted by Gasteiger charge is 2.13. The van der Waals surface area contributed by atoms with Crippen LogP contribution in [0.1, 0.15) is 17.3 Å². The highest BCUT2D eigenvalue weighted by molar-refractivity contribution is 8.00. The Balaban J connectivity index is 1.60. The Labute approximate surface area is 174 Å². The average Bonchev–Trinajstić information content (AvgIpc) is 3.15. The van der Waals surface area contributed by atoms with Crippen molar-refractivity contribution < 1.29 is 23.1 Å². The molecule has 0 saturated heterocycles. The molecular formula is C20H16F2N2O3S2. The number of rotatable bonds is 7. The van der Waals surface area contributed by atoms with Crippen LogP contribution in [-0.4, -0.2) is 29.5 Å². The average molecular weight is 434 g/mol. The molecule has 1 N–H and O–H groups in total. The topological polar surface area (TPSA) is 68.3 Å². The molecule has 0 spiro atoms. The van der Waals surface area contributed by atoms with Crippen molar-refractivity contribution in [1.82, 2.24) is 4.98 Å². The minimum absolute atomic E-state index is 0.0254. The van der Waals surface area contributed by atoms with Gasteiger partial charge in [-0.1, -0.05) is 6.07 Å². The Bertz CT molecular complexity index is 1070. The van der Waals surface area contributed by atoms with Crippen molar-refractivity contribution in [3.63, 3.8) is 0 Å². The molecule has 0 aliphatic heterocycles. The molecule has 1 aromatic heterocycles. The number of nitrogens with one attached hydrogen (secondary N) is 1. The van der Waals surface area contributed by atoms with E-state index in [1.807, 2.05) is 0 Å². The lowest BCUT2D eigenvalue weighted by Gasteiger charge is -2.05. The van der Waals surface area contributed by atoms with Gasteiger partial charge in [-0.3, -0.25) is 9.59 Å². The standard InChI is InChI=1S/C20H16F2N2O3S2/c1-11(25)12-4-6-18(15(22)7-12)28-10-19(26)24-20-23-16(9-29-20)13-3-5-17(27-2)14(21)8-13/h3-9H,10H2,1-2H3,(H,23,24,26). The molecule has 0 atom stereocenters. The third kappa shape index (κ3) is 5.18.